The van der Waals surface area contributed by atoms with Crippen LogP contribution in [0, 0.1) is 0 Å². The number of fused-ring (bicyclic) bond motifs is 1. The third kappa shape index (κ3) is 3.82. The van der Waals surface area contributed by atoms with Crippen LogP contribution in [0.15, 0.2) is 39.5 Å². The Bertz CT molecular complexity index is 1150. The molecule has 0 unspecified atom stereocenters. The molecular formula is C20H19ClN2O5S. The van der Waals surface area contributed by atoms with Gasteiger partial charge in [0.05, 0.1) is 27.0 Å². The predicted octanol–water partition coefficient (Wildman–Crippen LogP) is 4.88. The van der Waals surface area contributed by atoms with E-state index in [1.165, 1.54) is 16.2 Å². The van der Waals surface area contributed by atoms with E-state index in [9.17, 15) is 14.4 Å². The first-order chi connectivity index (χ1) is 13.8. The molecule has 7 nitrogen and oxygen atoms in total. The summed E-state index contributed by atoms with van der Waals surface area (Å²) in [6.07, 6.45) is -0.165. The molecule has 0 radical (unpaired) electrons. The number of benzene rings is 1. The van der Waals surface area contributed by atoms with Crippen LogP contribution in [-0.2, 0) is 4.74 Å². The van der Waals surface area contributed by atoms with Crippen LogP contribution in [0.3, 0.4) is 0 Å². The van der Waals surface area contributed by atoms with E-state index in [-0.39, 0.29) is 24.3 Å². The molecular weight excluding hydrogens is 416 g/mol. The van der Waals surface area contributed by atoms with Crippen LogP contribution >= 0.6 is 22.9 Å². The van der Waals surface area contributed by atoms with Crippen LogP contribution in [-0.4, -0.2) is 29.1 Å². The molecule has 1 aliphatic heterocycles. The highest BCUT2D eigenvalue weighted by Gasteiger charge is 2.33. The molecule has 0 bridgehead atoms. The fourth-order valence-electron chi connectivity index (χ4n) is 3.44. The highest BCUT2D eigenvalue weighted by molar-refractivity contribution is 7.18. The number of hydrogen-bond donors (Lipinski definition) is 0. The minimum absolute atomic E-state index is 0.0189. The van der Waals surface area contributed by atoms with Crippen LogP contribution in [0.1, 0.15) is 42.4 Å². The van der Waals surface area contributed by atoms with E-state index < -0.39 is 11.8 Å². The van der Waals surface area contributed by atoms with Crippen molar-refractivity contribution < 1.29 is 18.7 Å². The molecule has 4 rings (SSSR count). The van der Waals surface area contributed by atoms with Crippen molar-refractivity contribution in [3.8, 4) is 0 Å². The van der Waals surface area contributed by atoms with Crippen molar-refractivity contribution in [2.75, 3.05) is 11.4 Å². The zero-order valence-electron chi connectivity index (χ0n) is 15.9. The number of carbonyl (C=O) groups is 2. The molecule has 0 N–H and O–H groups in total. The molecule has 1 amide bonds. The van der Waals surface area contributed by atoms with Gasteiger partial charge in [-0.3, -0.25) is 14.3 Å². The number of aromatic nitrogens is 1. The van der Waals surface area contributed by atoms with E-state index in [4.69, 9.17) is 20.8 Å². The average molecular weight is 435 g/mol. The molecule has 152 valence electrons. The standard InChI is InChI=1S/C20H19ClN2O5S/c1-11(2)23-14-5-3-12(9-16(14)28-20(23)26)22-10-13(27-19(22)25)4-6-15(24)17-7-8-18(21)29-17/h3,5,7-9,11,13H,4,6,10H2,1-2H3/t13-/m0/s1. The van der Waals surface area contributed by atoms with E-state index in [0.717, 1.165) is 0 Å². The van der Waals surface area contributed by atoms with E-state index >= 15 is 0 Å². The molecule has 0 spiro atoms. The van der Waals surface area contributed by atoms with Gasteiger partial charge < -0.3 is 9.15 Å². The van der Waals surface area contributed by atoms with Gasteiger partial charge in [-0.05, 0) is 44.5 Å². The van der Waals surface area contributed by atoms with Gasteiger partial charge in [-0.25, -0.2) is 9.59 Å². The lowest BCUT2D eigenvalue weighted by molar-refractivity contribution is 0.0943. The maximum absolute atomic E-state index is 12.3. The number of ether oxygens (including phenoxy) is 1. The number of cyclic esters (lactones) is 1. The zero-order valence-corrected chi connectivity index (χ0v) is 17.5. The third-order valence-electron chi connectivity index (χ3n) is 4.84. The number of rotatable bonds is 6. The van der Waals surface area contributed by atoms with Gasteiger partial charge in [-0.15, -0.1) is 11.3 Å². The molecule has 1 atom stereocenters. The van der Waals surface area contributed by atoms with Crippen molar-refractivity contribution in [1.82, 2.24) is 4.57 Å². The van der Waals surface area contributed by atoms with Crippen LogP contribution in [0.5, 0.6) is 0 Å². The summed E-state index contributed by atoms with van der Waals surface area (Å²) in [5.74, 6) is -0.448. The van der Waals surface area contributed by atoms with Gasteiger partial charge in [0.25, 0.3) is 0 Å². The molecule has 2 aromatic heterocycles. The molecule has 1 saturated heterocycles. The quantitative estimate of drug-likeness (QED) is 0.516. The second-order valence-corrected chi connectivity index (χ2v) is 8.88. The Morgan fingerprint density at radius 3 is 2.76 bits per heavy atom. The maximum Gasteiger partial charge on any atom is 0.420 e. The largest absolute Gasteiger partial charge is 0.444 e. The number of oxazole rings is 1. The zero-order chi connectivity index (χ0) is 20.7. The fraction of sp³-hybridized carbons (Fsp3) is 0.350. The number of amides is 1. The lowest BCUT2D eigenvalue weighted by Gasteiger charge is -2.13. The number of hydrogen-bond acceptors (Lipinski definition) is 6. The average Bonchev–Trinajstić information content (AvgIpc) is 3.35. The van der Waals surface area contributed by atoms with Crippen molar-refractivity contribution in [1.29, 1.82) is 0 Å². The number of halogens is 1. The molecule has 3 aromatic rings. The number of Topliss-reactive ketones (excluding diaryl/α,β-unsaturated/α-hetero) is 1. The predicted molar refractivity (Wildman–Crippen MR) is 111 cm³/mol. The van der Waals surface area contributed by atoms with Crippen molar-refractivity contribution in [3.63, 3.8) is 0 Å². The number of carbonyl (C=O) groups excluding carboxylic acids is 2. The Hall–Kier alpha value is -2.58. The van der Waals surface area contributed by atoms with Gasteiger partial charge in [-0.1, -0.05) is 11.6 Å². The summed E-state index contributed by atoms with van der Waals surface area (Å²) < 4.78 is 12.9. The maximum atomic E-state index is 12.3. The van der Waals surface area contributed by atoms with Crippen LogP contribution in [0.25, 0.3) is 11.1 Å². The van der Waals surface area contributed by atoms with Gasteiger partial charge in [0.15, 0.2) is 11.4 Å². The van der Waals surface area contributed by atoms with Gasteiger partial charge >= 0.3 is 11.8 Å². The summed E-state index contributed by atoms with van der Waals surface area (Å²) in [5, 5.41) is 0. The first-order valence-electron chi connectivity index (χ1n) is 9.25. The van der Waals surface area contributed by atoms with Crippen LogP contribution in [0.4, 0.5) is 10.5 Å². The van der Waals surface area contributed by atoms with E-state index in [1.54, 1.807) is 34.9 Å². The Morgan fingerprint density at radius 2 is 2.07 bits per heavy atom. The smallest absolute Gasteiger partial charge is 0.420 e. The van der Waals surface area contributed by atoms with Gasteiger partial charge in [-0.2, -0.15) is 0 Å². The van der Waals surface area contributed by atoms with Crippen LogP contribution < -0.4 is 10.7 Å². The second-order valence-electron chi connectivity index (χ2n) is 7.17. The monoisotopic (exact) mass is 434 g/mol. The number of ketones is 1. The van der Waals surface area contributed by atoms with E-state index in [0.29, 0.717) is 39.0 Å². The molecule has 1 aliphatic rings. The molecule has 3 heterocycles. The Labute approximate surface area is 175 Å². The number of thiophene rings is 1. The molecule has 1 fully saturated rings. The summed E-state index contributed by atoms with van der Waals surface area (Å²) in [6.45, 7) is 4.13. The van der Waals surface area contributed by atoms with Crippen LogP contribution in [0.2, 0.25) is 4.34 Å². The lowest BCUT2D eigenvalue weighted by atomic mass is 10.1. The SMILES string of the molecule is CC(C)n1c(=O)oc2cc(N3C[C@H](CCC(=O)c4ccc(Cl)s4)OC3=O)ccc21. The number of nitrogens with zero attached hydrogens (tertiary/aromatic N) is 2. The highest BCUT2D eigenvalue weighted by Crippen LogP contribution is 2.29. The molecule has 1 aromatic carbocycles. The highest BCUT2D eigenvalue weighted by atomic mass is 35.5. The van der Waals surface area contributed by atoms with Gasteiger partial charge in [0.2, 0.25) is 0 Å². The minimum Gasteiger partial charge on any atom is -0.444 e. The second kappa shape index (κ2) is 7.68. The fourth-order valence-corrected chi connectivity index (χ4v) is 4.45. The summed E-state index contributed by atoms with van der Waals surface area (Å²) in [7, 11) is 0. The summed E-state index contributed by atoms with van der Waals surface area (Å²) in [4.78, 5) is 38.7. The van der Waals surface area contributed by atoms with E-state index in [1.807, 2.05) is 13.8 Å². The minimum atomic E-state index is -0.480. The van der Waals surface area contributed by atoms with Crippen molar-refractivity contribution in [2.24, 2.45) is 0 Å². The van der Waals surface area contributed by atoms with Crippen molar-refractivity contribution in [3.05, 3.63) is 50.1 Å². The number of anilines is 1. The van der Waals surface area contributed by atoms with Gasteiger partial charge in [0, 0.05) is 18.5 Å². The van der Waals surface area contributed by atoms with Gasteiger partial charge in [0.1, 0.15) is 6.10 Å². The first kappa shape index (κ1) is 19.7. The normalized spacial score (nSPS) is 16.8. The lowest BCUT2D eigenvalue weighted by Crippen LogP contribution is -2.24. The third-order valence-corrected chi connectivity index (χ3v) is 6.11. The Kier molecular flexibility index (Phi) is 5.23. The van der Waals surface area contributed by atoms with Crippen molar-refractivity contribution >= 4 is 51.6 Å². The molecule has 29 heavy (non-hydrogen) atoms. The topological polar surface area (TPSA) is 81.8 Å². The first-order valence-corrected chi connectivity index (χ1v) is 10.4. The molecule has 0 aliphatic carbocycles. The van der Waals surface area contributed by atoms with Crippen molar-refractivity contribution in [2.45, 2.75) is 38.8 Å². The summed E-state index contributed by atoms with van der Waals surface area (Å²) >= 11 is 7.11. The summed E-state index contributed by atoms with van der Waals surface area (Å²) in [6, 6.07) is 8.55. The molecule has 9 heteroatoms. The molecule has 0 saturated carbocycles. The Balaban J connectivity index is 1.46. The Morgan fingerprint density at radius 1 is 1.28 bits per heavy atom. The van der Waals surface area contributed by atoms with E-state index in [2.05, 4.69) is 0 Å². The summed E-state index contributed by atoms with van der Waals surface area (Å²) in [5.41, 5.74) is 1.69.